The molecule has 0 atom stereocenters. The van der Waals surface area contributed by atoms with Crippen LogP contribution in [0, 0.1) is 13.8 Å². The van der Waals surface area contributed by atoms with E-state index in [2.05, 4.69) is 88.3 Å². The number of carbonyl (C=O) groups excluding carboxylic acids is 1. The fraction of sp³-hybridized carbons (Fsp3) is 0.172. The highest BCUT2D eigenvalue weighted by molar-refractivity contribution is 9.10. The minimum atomic E-state index is -0.140. The summed E-state index contributed by atoms with van der Waals surface area (Å²) in [6, 6.07) is 20.7. The third-order valence-electron chi connectivity index (χ3n) is 6.59. The Morgan fingerprint density at radius 2 is 1.80 bits per heavy atom. The summed E-state index contributed by atoms with van der Waals surface area (Å²) in [5, 5.41) is 4.67. The van der Waals surface area contributed by atoms with Crippen LogP contribution in [0.3, 0.4) is 0 Å². The predicted octanol–water partition coefficient (Wildman–Crippen LogP) is 6.89. The third kappa shape index (κ3) is 4.44. The van der Waals surface area contributed by atoms with Gasteiger partial charge in [0.25, 0.3) is 5.91 Å². The number of para-hydroxylation sites is 1. The van der Waals surface area contributed by atoms with E-state index in [0.29, 0.717) is 10.8 Å². The van der Waals surface area contributed by atoms with Gasteiger partial charge in [-0.15, -0.1) is 0 Å². The highest BCUT2D eigenvalue weighted by atomic mass is 79.9. The Morgan fingerprint density at radius 3 is 2.51 bits per heavy atom. The van der Waals surface area contributed by atoms with Crippen LogP contribution in [-0.4, -0.2) is 15.6 Å². The average molecular weight is 545 g/mol. The molecule has 0 aliphatic carbocycles. The summed E-state index contributed by atoms with van der Waals surface area (Å²) >= 11 is 9.07. The summed E-state index contributed by atoms with van der Waals surface area (Å²) in [5.41, 5.74) is 8.26. The van der Waals surface area contributed by atoms with E-state index >= 15 is 0 Å². The monoisotopic (exact) mass is 543 g/mol. The molecule has 5 rings (SSSR count). The number of nitrogens with zero attached hydrogens (tertiary/aromatic N) is 2. The van der Waals surface area contributed by atoms with Crippen molar-refractivity contribution in [2.75, 3.05) is 4.90 Å². The van der Waals surface area contributed by atoms with Crippen LogP contribution in [0.4, 0.5) is 5.69 Å². The minimum Gasteiger partial charge on any atom is -0.342 e. The molecule has 35 heavy (non-hydrogen) atoms. The van der Waals surface area contributed by atoms with Crippen molar-refractivity contribution in [3.63, 3.8) is 0 Å². The highest BCUT2D eigenvalue weighted by Gasteiger charge is 2.32. The van der Waals surface area contributed by atoms with Crippen molar-refractivity contribution in [3.05, 3.63) is 105 Å². The zero-order chi connectivity index (χ0) is 24.7. The van der Waals surface area contributed by atoms with Gasteiger partial charge in [0.1, 0.15) is 5.70 Å². The molecule has 6 heteroatoms. The summed E-state index contributed by atoms with van der Waals surface area (Å²) in [5.74, 6) is -0.140. The van der Waals surface area contributed by atoms with E-state index in [1.165, 1.54) is 22.2 Å². The third-order valence-corrected chi connectivity index (χ3v) is 7.40. The molecule has 4 aromatic rings. The van der Waals surface area contributed by atoms with Gasteiger partial charge in [-0.3, -0.25) is 9.69 Å². The Morgan fingerprint density at radius 1 is 1.03 bits per heavy atom. The fourth-order valence-corrected chi connectivity index (χ4v) is 5.13. The van der Waals surface area contributed by atoms with Crippen LogP contribution in [0.1, 0.15) is 34.7 Å². The second kappa shape index (κ2) is 9.44. The van der Waals surface area contributed by atoms with Gasteiger partial charge < -0.3 is 9.88 Å². The second-order valence-electron chi connectivity index (χ2n) is 8.90. The first kappa shape index (κ1) is 23.5. The zero-order valence-electron chi connectivity index (χ0n) is 19.9. The largest absolute Gasteiger partial charge is 0.342 e. The van der Waals surface area contributed by atoms with Gasteiger partial charge >= 0.3 is 0 Å². The molecule has 1 aliphatic heterocycles. The number of halogens is 1. The van der Waals surface area contributed by atoms with Crippen LogP contribution in [0.2, 0.25) is 0 Å². The Kier molecular flexibility index (Phi) is 6.34. The van der Waals surface area contributed by atoms with Crippen molar-refractivity contribution in [3.8, 4) is 0 Å². The van der Waals surface area contributed by atoms with E-state index in [0.717, 1.165) is 39.6 Å². The van der Waals surface area contributed by atoms with Gasteiger partial charge in [-0.1, -0.05) is 59.3 Å². The molecule has 1 saturated heterocycles. The minimum absolute atomic E-state index is 0.140. The smallest absolute Gasteiger partial charge is 0.281 e. The van der Waals surface area contributed by atoms with Crippen molar-refractivity contribution in [2.24, 2.45) is 0 Å². The molecule has 4 nitrogen and oxygen atoms in total. The number of nitrogens with one attached hydrogen (secondary N) is 1. The van der Waals surface area contributed by atoms with Crippen LogP contribution < -0.4 is 10.2 Å². The molecule has 2 heterocycles. The van der Waals surface area contributed by atoms with E-state index in [-0.39, 0.29) is 5.91 Å². The molecular weight excluding hydrogens is 518 g/mol. The maximum Gasteiger partial charge on any atom is 0.281 e. The number of fused-ring (bicyclic) bond motifs is 1. The highest BCUT2D eigenvalue weighted by Crippen LogP contribution is 2.30. The number of hydrogen-bond donors (Lipinski definition) is 1. The lowest BCUT2D eigenvalue weighted by Gasteiger charge is -2.15. The first-order valence-corrected chi connectivity index (χ1v) is 12.9. The van der Waals surface area contributed by atoms with Crippen LogP contribution >= 0.6 is 28.1 Å². The van der Waals surface area contributed by atoms with Crippen molar-refractivity contribution < 1.29 is 4.79 Å². The first-order valence-electron chi connectivity index (χ1n) is 11.6. The zero-order valence-corrected chi connectivity index (χ0v) is 22.3. The number of thiocarbonyl (C=S) groups is 1. The lowest BCUT2D eigenvalue weighted by Crippen LogP contribution is -2.30. The van der Waals surface area contributed by atoms with Gasteiger partial charge in [-0.25, -0.2) is 0 Å². The number of anilines is 1. The maximum absolute atomic E-state index is 13.4. The SMILES string of the molecule is CCc1cccc2c(/C=C3\NC(=S)N(c4ccc(C)c(C)c4)C3=O)cn(Cc3ccc(Br)cc3)c12. The first-order chi connectivity index (χ1) is 16.9. The Labute approximate surface area is 219 Å². The normalized spacial score (nSPS) is 14.9. The second-order valence-corrected chi connectivity index (χ2v) is 10.2. The standard InChI is InChI=1S/C29H26BrN3OS/c1-4-21-6-5-7-25-22(17-32(27(21)25)16-20-9-11-23(30)12-10-20)15-26-28(34)33(29(35)31-26)24-13-8-18(2)19(3)14-24/h5-15,17H,4,16H2,1-3H3,(H,31,35)/b26-15-. The van der Waals surface area contributed by atoms with E-state index < -0.39 is 0 Å². The number of aromatic nitrogens is 1. The van der Waals surface area contributed by atoms with Crippen LogP contribution in [0.15, 0.2) is 77.0 Å². The van der Waals surface area contributed by atoms with E-state index in [9.17, 15) is 4.79 Å². The van der Waals surface area contributed by atoms with Crippen molar-refractivity contribution in [1.82, 2.24) is 9.88 Å². The number of benzene rings is 3. The van der Waals surface area contributed by atoms with Crippen LogP contribution in [0.25, 0.3) is 17.0 Å². The van der Waals surface area contributed by atoms with E-state index in [1.807, 2.05) is 31.2 Å². The molecule has 0 unspecified atom stereocenters. The number of amides is 1. The summed E-state index contributed by atoms with van der Waals surface area (Å²) in [6.45, 7) is 7.02. The Hall–Kier alpha value is -3.22. The van der Waals surface area contributed by atoms with Gasteiger partial charge in [-0.05, 0) is 85.1 Å². The number of aryl methyl sites for hydroxylation is 3. The van der Waals surface area contributed by atoms with E-state index in [4.69, 9.17) is 12.2 Å². The fourth-order valence-electron chi connectivity index (χ4n) is 4.57. The lowest BCUT2D eigenvalue weighted by atomic mass is 10.1. The van der Waals surface area contributed by atoms with Gasteiger partial charge in [0.05, 0.1) is 11.2 Å². The molecule has 0 spiro atoms. The van der Waals surface area contributed by atoms with Crippen molar-refractivity contribution >= 4 is 61.8 Å². The van der Waals surface area contributed by atoms with E-state index in [1.54, 1.807) is 4.90 Å². The van der Waals surface area contributed by atoms with Crippen molar-refractivity contribution in [2.45, 2.75) is 33.7 Å². The summed E-state index contributed by atoms with van der Waals surface area (Å²) in [7, 11) is 0. The van der Waals surface area contributed by atoms with Gasteiger partial charge in [0.2, 0.25) is 0 Å². The molecule has 3 aromatic carbocycles. The van der Waals surface area contributed by atoms with Crippen LogP contribution in [0.5, 0.6) is 0 Å². The topological polar surface area (TPSA) is 37.3 Å². The number of carbonyl (C=O) groups is 1. The van der Waals surface area contributed by atoms with Gasteiger partial charge in [0, 0.05) is 28.2 Å². The molecule has 1 aromatic heterocycles. The summed E-state index contributed by atoms with van der Waals surface area (Å²) in [6.07, 6.45) is 4.99. The quantitative estimate of drug-likeness (QED) is 0.220. The molecule has 1 aliphatic rings. The molecule has 176 valence electrons. The summed E-state index contributed by atoms with van der Waals surface area (Å²) in [4.78, 5) is 15.0. The molecule has 1 fully saturated rings. The van der Waals surface area contributed by atoms with Crippen molar-refractivity contribution in [1.29, 1.82) is 0 Å². The average Bonchev–Trinajstić information content (AvgIpc) is 3.33. The molecule has 1 amide bonds. The molecular formula is C29H26BrN3OS. The predicted molar refractivity (Wildman–Crippen MR) is 152 cm³/mol. The lowest BCUT2D eigenvalue weighted by molar-refractivity contribution is -0.113. The molecule has 0 radical (unpaired) electrons. The number of hydrogen-bond acceptors (Lipinski definition) is 2. The maximum atomic E-state index is 13.4. The Balaban J connectivity index is 1.56. The van der Waals surface area contributed by atoms with Gasteiger partial charge in [0.15, 0.2) is 5.11 Å². The Bertz CT molecular complexity index is 1500. The summed E-state index contributed by atoms with van der Waals surface area (Å²) < 4.78 is 3.34. The molecule has 0 saturated carbocycles. The molecule has 0 bridgehead atoms. The van der Waals surface area contributed by atoms with Gasteiger partial charge in [-0.2, -0.15) is 0 Å². The van der Waals surface area contributed by atoms with Crippen LogP contribution in [-0.2, 0) is 17.8 Å². The number of rotatable bonds is 5. The molecule has 1 N–H and O–H groups in total.